The van der Waals surface area contributed by atoms with Gasteiger partial charge in [-0.25, -0.2) is 18.4 Å². The number of anilines is 1. The summed E-state index contributed by atoms with van der Waals surface area (Å²) >= 11 is 0. The molecule has 0 saturated heterocycles. The summed E-state index contributed by atoms with van der Waals surface area (Å²) < 4.78 is 63.3. The highest BCUT2D eigenvalue weighted by Crippen LogP contribution is 2.26. The summed E-state index contributed by atoms with van der Waals surface area (Å²) in [7, 11) is -2.33. The number of urea groups is 1. The molecule has 3 N–H and O–H groups in total. The number of primary sulfonamides is 1. The van der Waals surface area contributed by atoms with Crippen LogP contribution in [0.3, 0.4) is 0 Å². The SMILES string of the molecule is C[C@H](c1ccc(S(N)(=O)=O)cc1)N(C)C(=O)Nc1cccc(OC(F)(F)F)c1. The summed E-state index contributed by atoms with van der Waals surface area (Å²) in [4.78, 5) is 13.6. The van der Waals surface area contributed by atoms with E-state index >= 15 is 0 Å². The fraction of sp³-hybridized carbons (Fsp3) is 0.235. The Labute approximate surface area is 159 Å². The molecule has 0 radical (unpaired) electrons. The van der Waals surface area contributed by atoms with Gasteiger partial charge in [-0.2, -0.15) is 0 Å². The Balaban J connectivity index is 2.09. The van der Waals surface area contributed by atoms with Crippen molar-refractivity contribution >= 4 is 21.7 Å². The van der Waals surface area contributed by atoms with Crippen LogP contribution in [0.15, 0.2) is 53.4 Å². The molecular formula is C17H18F3N3O4S. The van der Waals surface area contributed by atoms with Crippen molar-refractivity contribution in [2.24, 2.45) is 5.14 Å². The van der Waals surface area contributed by atoms with Crippen molar-refractivity contribution in [2.75, 3.05) is 12.4 Å². The van der Waals surface area contributed by atoms with Gasteiger partial charge in [0.15, 0.2) is 0 Å². The van der Waals surface area contributed by atoms with Gasteiger partial charge in [0.1, 0.15) is 5.75 Å². The Morgan fingerprint density at radius 3 is 2.32 bits per heavy atom. The number of hydrogen-bond acceptors (Lipinski definition) is 4. The van der Waals surface area contributed by atoms with Crippen LogP contribution in [0.4, 0.5) is 23.7 Å². The van der Waals surface area contributed by atoms with E-state index in [0.717, 1.165) is 12.1 Å². The van der Waals surface area contributed by atoms with Crippen molar-refractivity contribution in [3.05, 3.63) is 54.1 Å². The summed E-state index contributed by atoms with van der Waals surface area (Å²) in [5.74, 6) is -0.459. The van der Waals surface area contributed by atoms with Gasteiger partial charge >= 0.3 is 12.4 Å². The van der Waals surface area contributed by atoms with E-state index in [9.17, 15) is 26.4 Å². The molecule has 0 aliphatic rings. The smallest absolute Gasteiger partial charge is 0.406 e. The van der Waals surface area contributed by atoms with E-state index in [0.29, 0.717) is 5.56 Å². The maximum absolute atomic E-state index is 12.4. The van der Waals surface area contributed by atoms with Gasteiger partial charge in [0.05, 0.1) is 10.9 Å². The summed E-state index contributed by atoms with van der Waals surface area (Å²) in [6.45, 7) is 1.70. The van der Waals surface area contributed by atoms with Crippen LogP contribution in [0, 0.1) is 0 Å². The van der Waals surface area contributed by atoms with Gasteiger partial charge < -0.3 is 15.0 Å². The number of hydrogen-bond donors (Lipinski definition) is 2. The molecule has 2 aromatic carbocycles. The van der Waals surface area contributed by atoms with Gasteiger partial charge in [0.2, 0.25) is 10.0 Å². The summed E-state index contributed by atoms with van der Waals surface area (Å²) in [6.07, 6.45) is -4.84. The number of amides is 2. The van der Waals surface area contributed by atoms with Crippen molar-refractivity contribution < 1.29 is 31.1 Å². The predicted molar refractivity (Wildman–Crippen MR) is 96.1 cm³/mol. The molecule has 11 heteroatoms. The molecular weight excluding hydrogens is 399 g/mol. The second-order valence-corrected chi connectivity index (χ2v) is 7.47. The van der Waals surface area contributed by atoms with E-state index < -0.39 is 34.2 Å². The molecule has 0 unspecified atom stereocenters. The Kier molecular flexibility index (Phi) is 6.20. The van der Waals surface area contributed by atoms with Crippen LogP contribution in [0.5, 0.6) is 5.75 Å². The first-order chi connectivity index (χ1) is 12.9. The molecule has 0 aromatic heterocycles. The minimum absolute atomic E-state index is 0.0583. The molecule has 28 heavy (non-hydrogen) atoms. The lowest BCUT2D eigenvalue weighted by atomic mass is 10.1. The van der Waals surface area contributed by atoms with Crippen molar-refractivity contribution in [3.8, 4) is 5.75 Å². The largest absolute Gasteiger partial charge is 0.573 e. The van der Waals surface area contributed by atoms with Gasteiger partial charge in [-0.05, 0) is 36.8 Å². The molecule has 2 rings (SSSR count). The minimum Gasteiger partial charge on any atom is -0.406 e. The topological polar surface area (TPSA) is 102 Å². The summed E-state index contributed by atoms with van der Waals surface area (Å²) in [6, 6.07) is 9.55. The standard InChI is InChI=1S/C17H18F3N3O4S/c1-11(12-6-8-15(9-7-12)28(21,25)26)23(2)16(24)22-13-4-3-5-14(10-13)27-17(18,19)20/h3-11H,1-2H3,(H,22,24)(H2,21,25,26)/t11-/m1/s1. The molecule has 0 heterocycles. The van der Waals surface area contributed by atoms with Gasteiger partial charge in [0, 0.05) is 18.8 Å². The number of nitrogens with two attached hydrogens (primary N) is 1. The number of sulfonamides is 1. The molecule has 0 fully saturated rings. The van der Waals surface area contributed by atoms with Crippen molar-refractivity contribution in [3.63, 3.8) is 0 Å². The number of carbonyl (C=O) groups excluding carboxylic acids is 1. The lowest BCUT2D eigenvalue weighted by Crippen LogP contribution is -2.33. The highest BCUT2D eigenvalue weighted by atomic mass is 32.2. The van der Waals surface area contributed by atoms with E-state index in [-0.39, 0.29) is 10.6 Å². The summed E-state index contributed by atoms with van der Waals surface area (Å²) in [5.41, 5.74) is 0.759. The van der Waals surface area contributed by atoms with Crippen LogP contribution < -0.4 is 15.2 Å². The van der Waals surface area contributed by atoms with Crippen molar-refractivity contribution in [1.29, 1.82) is 0 Å². The molecule has 0 saturated carbocycles. The molecule has 7 nitrogen and oxygen atoms in total. The summed E-state index contributed by atoms with van der Waals surface area (Å²) in [5, 5.41) is 7.52. The third-order valence-corrected chi connectivity index (χ3v) is 4.84. The number of benzene rings is 2. The number of rotatable bonds is 5. The van der Waals surface area contributed by atoms with Gasteiger partial charge in [-0.1, -0.05) is 18.2 Å². The average molecular weight is 417 g/mol. The molecule has 2 aromatic rings. The first-order valence-electron chi connectivity index (χ1n) is 7.89. The van der Waals surface area contributed by atoms with Crippen LogP contribution >= 0.6 is 0 Å². The van der Waals surface area contributed by atoms with Crippen molar-refractivity contribution in [1.82, 2.24) is 4.90 Å². The highest BCUT2D eigenvalue weighted by Gasteiger charge is 2.31. The number of ether oxygens (including phenoxy) is 1. The number of nitrogens with one attached hydrogen (secondary N) is 1. The minimum atomic E-state index is -4.84. The van der Waals surface area contributed by atoms with Gasteiger partial charge in [0.25, 0.3) is 0 Å². The van der Waals surface area contributed by atoms with Crippen LogP contribution in [0.1, 0.15) is 18.5 Å². The monoisotopic (exact) mass is 417 g/mol. The second-order valence-electron chi connectivity index (χ2n) is 5.91. The molecule has 0 bridgehead atoms. The molecule has 152 valence electrons. The lowest BCUT2D eigenvalue weighted by molar-refractivity contribution is -0.274. The normalized spacial score (nSPS) is 12.9. The quantitative estimate of drug-likeness (QED) is 0.778. The zero-order chi connectivity index (χ0) is 21.1. The average Bonchev–Trinajstić information content (AvgIpc) is 2.58. The molecule has 0 aliphatic heterocycles. The molecule has 0 aliphatic carbocycles. The number of halogens is 3. The molecule has 2 amide bonds. The first-order valence-corrected chi connectivity index (χ1v) is 9.44. The third kappa shape index (κ3) is 5.86. The number of nitrogens with zero attached hydrogens (tertiary/aromatic N) is 1. The van der Waals surface area contributed by atoms with E-state index in [1.165, 1.54) is 48.3 Å². The first kappa shape index (κ1) is 21.5. The van der Waals surface area contributed by atoms with Crippen LogP contribution in [0.2, 0.25) is 0 Å². The number of carbonyl (C=O) groups is 1. The third-order valence-electron chi connectivity index (χ3n) is 3.91. The predicted octanol–water partition coefficient (Wildman–Crippen LogP) is 3.46. The van der Waals surface area contributed by atoms with Gasteiger partial charge in [-0.3, -0.25) is 0 Å². The van der Waals surface area contributed by atoms with Crippen LogP contribution in [-0.2, 0) is 10.0 Å². The van der Waals surface area contributed by atoms with E-state index in [1.54, 1.807) is 6.92 Å². The number of alkyl halides is 3. The van der Waals surface area contributed by atoms with Crippen molar-refractivity contribution in [2.45, 2.75) is 24.2 Å². The Morgan fingerprint density at radius 1 is 1.18 bits per heavy atom. The fourth-order valence-electron chi connectivity index (χ4n) is 2.32. The van der Waals surface area contributed by atoms with Crippen LogP contribution in [0.25, 0.3) is 0 Å². The highest BCUT2D eigenvalue weighted by molar-refractivity contribution is 7.89. The van der Waals surface area contributed by atoms with Crippen LogP contribution in [-0.4, -0.2) is 32.8 Å². The van der Waals surface area contributed by atoms with E-state index in [2.05, 4.69) is 10.1 Å². The zero-order valence-electron chi connectivity index (χ0n) is 14.9. The fourth-order valence-corrected chi connectivity index (χ4v) is 2.83. The van der Waals surface area contributed by atoms with E-state index in [4.69, 9.17) is 5.14 Å². The second kappa shape index (κ2) is 8.07. The Hall–Kier alpha value is -2.79. The Morgan fingerprint density at radius 2 is 1.79 bits per heavy atom. The van der Waals surface area contributed by atoms with E-state index in [1.807, 2.05) is 0 Å². The van der Waals surface area contributed by atoms with Gasteiger partial charge in [-0.15, -0.1) is 13.2 Å². The lowest BCUT2D eigenvalue weighted by Gasteiger charge is -2.26. The maximum Gasteiger partial charge on any atom is 0.573 e. The molecule has 1 atom stereocenters. The zero-order valence-corrected chi connectivity index (χ0v) is 15.7. The maximum atomic E-state index is 12.4. The molecule has 0 spiro atoms. The Bertz CT molecular complexity index is 947.